The van der Waals surface area contributed by atoms with Crippen molar-refractivity contribution in [2.24, 2.45) is 5.92 Å². The molecule has 1 fully saturated rings. The Bertz CT molecular complexity index is 232. The number of ketones is 1. The molecule has 2 bridgehead atoms. The van der Waals surface area contributed by atoms with Gasteiger partial charge in [-0.1, -0.05) is 13.0 Å². The lowest BCUT2D eigenvalue weighted by atomic mass is 9.88. The van der Waals surface area contributed by atoms with Gasteiger partial charge in [-0.3, -0.25) is 4.79 Å². The zero-order chi connectivity index (χ0) is 8.55. The minimum absolute atomic E-state index is 0.327. The van der Waals surface area contributed by atoms with Crippen molar-refractivity contribution in [2.75, 3.05) is 6.54 Å². The molecule has 2 nitrogen and oxygen atoms in total. The number of carbonyl (C=O) groups is 1. The highest BCUT2D eigenvalue weighted by atomic mass is 16.1. The second kappa shape index (κ2) is 3.02. The van der Waals surface area contributed by atoms with Crippen molar-refractivity contribution in [2.45, 2.75) is 32.2 Å². The lowest BCUT2D eigenvalue weighted by molar-refractivity contribution is -0.115. The predicted molar refractivity (Wildman–Crippen MR) is 47.9 cm³/mol. The molecule has 0 saturated carbocycles. The van der Waals surface area contributed by atoms with Crippen LogP contribution in [0.3, 0.4) is 0 Å². The molecule has 1 N–H and O–H groups in total. The summed E-state index contributed by atoms with van der Waals surface area (Å²) in [5.74, 6) is 1.12. The summed E-state index contributed by atoms with van der Waals surface area (Å²) in [5.41, 5.74) is 1.05. The van der Waals surface area contributed by atoms with Gasteiger partial charge >= 0.3 is 0 Å². The summed E-state index contributed by atoms with van der Waals surface area (Å²) in [5, 5.41) is 3.39. The maximum atomic E-state index is 11.4. The van der Waals surface area contributed by atoms with Crippen LogP contribution in [0, 0.1) is 5.92 Å². The number of hydrogen-bond donors (Lipinski definition) is 1. The molecule has 2 rings (SSSR count). The zero-order valence-corrected chi connectivity index (χ0v) is 7.47. The average Bonchev–Trinajstić information content (AvgIpc) is 2.47. The van der Waals surface area contributed by atoms with Crippen LogP contribution in [-0.2, 0) is 4.79 Å². The van der Waals surface area contributed by atoms with Crippen LogP contribution in [0.15, 0.2) is 11.6 Å². The summed E-state index contributed by atoms with van der Waals surface area (Å²) in [6, 6.07) is 0.385. The monoisotopic (exact) mass is 165 g/mol. The lowest BCUT2D eigenvalue weighted by Gasteiger charge is -2.18. The molecule has 2 aliphatic rings. The fourth-order valence-corrected chi connectivity index (χ4v) is 2.17. The van der Waals surface area contributed by atoms with Crippen molar-refractivity contribution in [3.63, 3.8) is 0 Å². The predicted octanol–water partition coefficient (Wildman–Crippen LogP) is 1.27. The summed E-state index contributed by atoms with van der Waals surface area (Å²) in [4.78, 5) is 11.4. The topological polar surface area (TPSA) is 29.1 Å². The number of rotatable bonds is 2. The zero-order valence-electron chi connectivity index (χ0n) is 7.47. The van der Waals surface area contributed by atoms with Gasteiger partial charge in [0.15, 0.2) is 5.78 Å². The first-order valence-electron chi connectivity index (χ1n) is 4.78. The first-order valence-corrected chi connectivity index (χ1v) is 4.78. The van der Waals surface area contributed by atoms with Crippen LogP contribution in [-0.4, -0.2) is 18.4 Å². The van der Waals surface area contributed by atoms with Gasteiger partial charge in [0.2, 0.25) is 0 Å². The van der Waals surface area contributed by atoms with Gasteiger partial charge in [0, 0.05) is 18.0 Å². The molecule has 0 aromatic heterocycles. The molecule has 1 heterocycles. The van der Waals surface area contributed by atoms with E-state index in [0.29, 0.717) is 18.2 Å². The Kier molecular flexibility index (Phi) is 2.01. The Balaban J connectivity index is 2.15. The lowest BCUT2D eigenvalue weighted by Crippen LogP contribution is -2.27. The van der Waals surface area contributed by atoms with Gasteiger partial charge in [0.05, 0.1) is 0 Å². The molecule has 66 valence electrons. The Morgan fingerprint density at radius 1 is 1.75 bits per heavy atom. The smallest absolute Gasteiger partial charge is 0.159 e. The average molecular weight is 165 g/mol. The first kappa shape index (κ1) is 7.99. The van der Waals surface area contributed by atoms with E-state index < -0.39 is 0 Å². The molecule has 2 heteroatoms. The molecular formula is C10H15NO. The molecule has 1 saturated heterocycles. The van der Waals surface area contributed by atoms with E-state index in [9.17, 15) is 4.79 Å². The largest absolute Gasteiger partial charge is 0.310 e. The Morgan fingerprint density at radius 2 is 2.58 bits per heavy atom. The van der Waals surface area contributed by atoms with Crippen LogP contribution in [0.5, 0.6) is 0 Å². The highest BCUT2D eigenvalue weighted by Crippen LogP contribution is 2.29. The van der Waals surface area contributed by atoms with E-state index in [1.807, 2.05) is 6.92 Å². The van der Waals surface area contributed by atoms with E-state index in [4.69, 9.17) is 0 Å². The van der Waals surface area contributed by atoms with E-state index in [2.05, 4.69) is 11.4 Å². The molecule has 2 unspecified atom stereocenters. The highest BCUT2D eigenvalue weighted by molar-refractivity contribution is 5.96. The molecule has 1 aliphatic carbocycles. The second-order valence-electron chi connectivity index (χ2n) is 3.73. The SMILES string of the molecule is CCC(=O)C1=CCC2CNC1C2. The van der Waals surface area contributed by atoms with Crippen molar-refractivity contribution in [1.29, 1.82) is 0 Å². The molecule has 12 heavy (non-hydrogen) atoms. The third kappa shape index (κ3) is 1.20. The molecule has 2 atom stereocenters. The fourth-order valence-electron chi connectivity index (χ4n) is 2.17. The standard InChI is InChI=1S/C10H15NO/c1-2-10(12)8-4-3-7-5-9(8)11-6-7/h4,7,9,11H,2-3,5-6H2,1H3. The van der Waals surface area contributed by atoms with E-state index >= 15 is 0 Å². The van der Waals surface area contributed by atoms with Crippen molar-refractivity contribution in [3.05, 3.63) is 11.6 Å². The fraction of sp³-hybridized carbons (Fsp3) is 0.700. The van der Waals surface area contributed by atoms with E-state index in [1.165, 1.54) is 6.42 Å². The molecule has 0 aromatic rings. The quantitative estimate of drug-likeness (QED) is 0.667. The Labute approximate surface area is 73.0 Å². The van der Waals surface area contributed by atoms with Gasteiger partial charge in [-0.15, -0.1) is 0 Å². The van der Waals surface area contributed by atoms with Crippen LogP contribution >= 0.6 is 0 Å². The third-order valence-corrected chi connectivity index (χ3v) is 2.91. The summed E-state index contributed by atoms with van der Waals surface area (Å²) in [7, 11) is 0. The molecule has 0 spiro atoms. The van der Waals surface area contributed by atoms with Crippen molar-refractivity contribution >= 4 is 5.78 Å². The summed E-state index contributed by atoms with van der Waals surface area (Å²) < 4.78 is 0. The summed E-state index contributed by atoms with van der Waals surface area (Å²) in [6.07, 6.45) is 5.07. The van der Waals surface area contributed by atoms with Crippen molar-refractivity contribution < 1.29 is 4.79 Å². The van der Waals surface area contributed by atoms with Gasteiger partial charge < -0.3 is 5.32 Å². The van der Waals surface area contributed by atoms with Crippen LogP contribution in [0.4, 0.5) is 0 Å². The minimum atomic E-state index is 0.327. The maximum absolute atomic E-state index is 11.4. The first-order chi connectivity index (χ1) is 5.81. The normalized spacial score (nSPS) is 33.2. The van der Waals surface area contributed by atoms with Gasteiger partial charge in [-0.05, 0) is 25.3 Å². The second-order valence-corrected chi connectivity index (χ2v) is 3.73. The summed E-state index contributed by atoms with van der Waals surface area (Å²) in [6.45, 7) is 3.03. The van der Waals surface area contributed by atoms with Crippen molar-refractivity contribution in [1.82, 2.24) is 5.32 Å². The molecule has 0 amide bonds. The van der Waals surface area contributed by atoms with E-state index in [-0.39, 0.29) is 0 Å². The number of hydrogen-bond acceptors (Lipinski definition) is 2. The van der Waals surface area contributed by atoms with E-state index in [0.717, 1.165) is 24.5 Å². The van der Waals surface area contributed by atoms with Crippen LogP contribution in [0.1, 0.15) is 26.2 Å². The third-order valence-electron chi connectivity index (χ3n) is 2.91. The van der Waals surface area contributed by atoms with Gasteiger partial charge in [-0.2, -0.15) is 0 Å². The number of Topliss-reactive ketones (excluding diaryl/α,β-unsaturated/α-hetero) is 1. The van der Waals surface area contributed by atoms with Crippen molar-refractivity contribution in [3.8, 4) is 0 Å². The Morgan fingerprint density at radius 3 is 3.33 bits per heavy atom. The van der Waals surface area contributed by atoms with Crippen LogP contribution < -0.4 is 5.32 Å². The summed E-state index contributed by atoms with van der Waals surface area (Å²) >= 11 is 0. The molecular weight excluding hydrogens is 150 g/mol. The van der Waals surface area contributed by atoms with Gasteiger partial charge in [0.1, 0.15) is 0 Å². The number of nitrogens with one attached hydrogen (secondary N) is 1. The van der Waals surface area contributed by atoms with Gasteiger partial charge in [-0.25, -0.2) is 0 Å². The highest BCUT2D eigenvalue weighted by Gasteiger charge is 2.32. The molecule has 0 aromatic carbocycles. The maximum Gasteiger partial charge on any atom is 0.159 e. The van der Waals surface area contributed by atoms with Crippen LogP contribution in [0.25, 0.3) is 0 Å². The Hall–Kier alpha value is -0.630. The number of carbonyl (C=O) groups excluding carboxylic acids is 1. The van der Waals surface area contributed by atoms with E-state index in [1.54, 1.807) is 0 Å². The molecule has 1 aliphatic heterocycles. The minimum Gasteiger partial charge on any atom is -0.310 e. The van der Waals surface area contributed by atoms with Crippen LogP contribution in [0.2, 0.25) is 0 Å². The number of allylic oxidation sites excluding steroid dienone is 1. The molecule has 0 radical (unpaired) electrons. The number of fused-ring (bicyclic) bond motifs is 2. The van der Waals surface area contributed by atoms with Gasteiger partial charge in [0.25, 0.3) is 0 Å².